The van der Waals surface area contributed by atoms with Crippen LogP contribution in [-0.2, 0) is 10.2 Å². The van der Waals surface area contributed by atoms with Gasteiger partial charge < -0.3 is 14.6 Å². The molecule has 4 bridgehead atoms. The molecule has 27 heavy (non-hydrogen) atoms. The van der Waals surface area contributed by atoms with Crippen molar-refractivity contribution in [3.63, 3.8) is 0 Å². The van der Waals surface area contributed by atoms with E-state index in [1.54, 1.807) is 0 Å². The molecule has 0 radical (unpaired) electrons. The number of nitrogens with zero attached hydrogens (tertiary/aromatic N) is 1. The van der Waals surface area contributed by atoms with E-state index in [1.807, 2.05) is 0 Å². The Hall–Kier alpha value is -1.36. The van der Waals surface area contributed by atoms with Crippen LogP contribution in [0, 0.1) is 5.92 Å². The lowest BCUT2D eigenvalue weighted by Gasteiger charge is -2.45. The van der Waals surface area contributed by atoms with Gasteiger partial charge in [0.2, 0.25) is 0 Å². The van der Waals surface area contributed by atoms with Crippen LogP contribution in [-0.4, -0.2) is 29.3 Å². The average Bonchev–Trinajstić information content (AvgIpc) is 3.35. The number of carbonyl (C=O) groups excluding carboxylic acids is 1. The predicted molar refractivity (Wildman–Crippen MR) is 99.7 cm³/mol. The van der Waals surface area contributed by atoms with Crippen LogP contribution < -0.4 is 5.32 Å². The van der Waals surface area contributed by atoms with Crippen molar-refractivity contribution in [2.24, 2.45) is 5.92 Å². The zero-order valence-corrected chi connectivity index (χ0v) is 16.0. The number of piperidine rings is 1. The summed E-state index contributed by atoms with van der Waals surface area (Å²) in [5, 5.41) is 8.17. The van der Waals surface area contributed by atoms with Gasteiger partial charge in [-0.15, -0.1) is 0 Å². The molecule has 1 aromatic heterocycles. The molecule has 0 spiro atoms. The van der Waals surface area contributed by atoms with Crippen LogP contribution in [0.5, 0.6) is 0 Å². The third kappa shape index (κ3) is 2.76. The van der Waals surface area contributed by atoms with Gasteiger partial charge in [-0.2, -0.15) is 0 Å². The average molecular weight is 370 g/mol. The van der Waals surface area contributed by atoms with Crippen molar-refractivity contribution >= 4 is 5.97 Å². The fourth-order valence-corrected chi connectivity index (χ4v) is 6.40. The number of rotatable bonds is 4. The lowest BCUT2D eigenvalue weighted by Crippen LogP contribution is -2.42. The van der Waals surface area contributed by atoms with Gasteiger partial charge in [0.1, 0.15) is 17.4 Å². The van der Waals surface area contributed by atoms with Crippen molar-refractivity contribution in [1.29, 1.82) is 0 Å². The van der Waals surface area contributed by atoms with Gasteiger partial charge >= 0.3 is 5.97 Å². The minimum atomic E-state index is -0.151. The molecule has 1 aromatic rings. The summed E-state index contributed by atoms with van der Waals surface area (Å²) >= 11 is 0. The van der Waals surface area contributed by atoms with Crippen LogP contribution in [0.25, 0.3) is 0 Å². The third-order valence-electron chi connectivity index (χ3n) is 8.17. The molecule has 3 atom stereocenters. The van der Waals surface area contributed by atoms with E-state index in [-0.39, 0.29) is 17.5 Å². The van der Waals surface area contributed by atoms with Gasteiger partial charge in [0.25, 0.3) is 0 Å². The Morgan fingerprint density at radius 1 is 1.00 bits per heavy atom. The Labute approximate surface area is 160 Å². The second-order valence-electron chi connectivity index (χ2n) is 9.94. The molecule has 5 nitrogen and oxygen atoms in total. The number of carbonyl (C=O) groups is 1. The SMILES string of the molecule is O=C(O[C@H]1C[C@H]2CC[C@@H](C1)N2)c1c(C23CCC(CC2)CC3)noc1C1CC1. The molecule has 5 heteroatoms. The van der Waals surface area contributed by atoms with Crippen molar-refractivity contribution in [2.45, 2.75) is 107 Å². The first kappa shape index (κ1) is 16.6. The maximum absolute atomic E-state index is 13.4. The molecular formula is C22H30N2O3. The molecule has 0 aromatic carbocycles. The maximum Gasteiger partial charge on any atom is 0.344 e. The van der Waals surface area contributed by atoms with Crippen LogP contribution in [0.15, 0.2) is 4.52 Å². The van der Waals surface area contributed by atoms with Gasteiger partial charge in [0, 0.05) is 23.4 Å². The van der Waals surface area contributed by atoms with Gasteiger partial charge in [0.05, 0.1) is 0 Å². The summed E-state index contributed by atoms with van der Waals surface area (Å²) in [5.74, 6) is 1.95. The van der Waals surface area contributed by atoms with Crippen LogP contribution >= 0.6 is 0 Å². The summed E-state index contributed by atoms with van der Waals surface area (Å²) in [6.07, 6.45) is 13.9. The molecule has 3 heterocycles. The van der Waals surface area contributed by atoms with Gasteiger partial charge in [-0.1, -0.05) is 5.16 Å². The number of ether oxygens (including phenoxy) is 1. The highest BCUT2D eigenvalue weighted by atomic mass is 16.5. The van der Waals surface area contributed by atoms with Crippen LogP contribution in [0.1, 0.15) is 105 Å². The quantitative estimate of drug-likeness (QED) is 0.804. The lowest BCUT2D eigenvalue weighted by molar-refractivity contribution is 0.0169. The highest BCUT2D eigenvalue weighted by Gasteiger charge is 2.48. The summed E-state index contributed by atoms with van der Waals surface area (Å²) in [7, 11) is 0. The van der Waals surface area contributed by atoms with E-state index in [0.717, 1.165) is 67.9 Å². The van der Waals surface area contributed by atoms with Gasteiger partial charge in [-0.25, -0.2) is 4.79 Å². The first-order valence-electron chi connectivity index (χ1n) is 11.2. The highest BCUT2D eigenvalue weighted by molar-refractivity contribution is 5.92. The topological polar surface area (TPSA) is 64.4 Å². The molecule has 6 fully saturated rings. The standard InChI is InChI=1S/C22H30N2O3/c25-21(26-17-11-15-3-4-16(12-17)23-15)18-19(14-1-2-14)27-24-20(18)22-8-5-13(6-9-22)7-10-22/h13-17,23H,1-12H2/t13?,15-,16+,17+,22?. The largest absolute Gasteiger partial charge is 0.459 e. The molecule has 0 unspecified atom stereocenters. The summed E-state index contributed by atoms with van der Waals surface area (Å²) in [6, 6.07) is 1.05. The number of nitrogens with one attached hydrogen (secondary N) is 1. The smallest absolute Gasteiger partial charge is 0.344 e. The summed E-state index contributed by atoms with van der Waals surface area (Å²) in [6.45, 7) is 0. The zero-order valence-electron chi connectivity index (χ0n) is 16.0. The lowest BCUT2D eigenvalue weighted by atomic mass is 9.59. The minimum absolute atomic E-state index is 0.0469. The zero-order chi connectivity index (χ0) is 18.0. The summed E-state index contributed by atoms with van der Waals surface area (Å²) < 4.78 is 11.9. The van der Waals surface area contributed by atoms with E-state index in [4.69, 9.17) is 9.26 Å². The normalized spacial score (nSPS) is 40.3. The van der Waals surface area contributed by atoms with Gasteiger partial charge in [-0.05, 0) is 83.0 Å². The Kier molecular flexibility index (Phi) is 3.73. The van der Waals surface area contributed by atoms with E-state index in [0.29, 0.717) is 18.0 Å². The number of aromatic nitrogens is 1. The molecular weight excluding hydrogens is 340 g/mol. The molecule has 1 N–H and O–H groups in total. The summed E-state index contributed by atoms with van der Waals surface area (Å²) in [5.41, 5.74) is 1.74. The minimum Gasteiger partial charge on any atom is -0.459 e. The Morgan fingerprint density at radius 2 is 1.67 bits per heavy atom. The van der Waals surface area contributed by atoms with E-state index in [1.165, 1.54) is 32.1 Å². The predicted octanol–water partition coefficient (Wildman–Crippen LogP) is 4.21. The first-order valence-corrected chi connectivity index (χ1v) is 11.2. The molecule has 6 aliphatic rings. The van der Waals surface area contributed by atoms with E-state index in [9.17, 15) is 4.79 Å². The van der Waals surface area contributed by atoms with Crippen LogP contribution in [0.4, 0.5) is 0 Å². The number of hydrogen-bond acceptors (Lipinski definition) is 5. The Balaban J connectivity index is 1.30. The fourth-order valence-electron chi connectivity index (χ4n) is 6.40. The second kappa shape index (κ2) is 6.07. The first-order chi connectivity index (χ1) is 13.2. The number of hydrogen-bond donors (Lipinski definition) is 1. The molecule has 4 aliphatic carbocycles. The second-order valence-corrected chi connectivity index (χ2v) is 9.94. The highest BCUT2D eigenvalue weighted by Crippen LogP contribution is 2.54. The van der Waals surface area contributed by atoms with Crippen LogP contribution in [0.3, 0.4) is 0 Å². The van der Waals surface area contributed by atoms with E-state index in [2.05, 4.69) is 10.5 Å². The fraction of sp³-hybridized carbons (Fsp3) is 0.818. The van der Waals surface area contributed by atoms with Gasteiger partial charge in [-0.3, -0.25) is 0 Å². The molecule has 2 aliphatic heterocycles. The monoisotopic (exact) mass is 370 g/mol. The van der Waals surface area contributed by atoms with Crippen LogP contribution in [0.2, 0.25) is 0 Å². The molecule has 4 saturated carbocycles. The van der Waals surface area contributed by atoms with Gasteiger partial charge in [0.15, 0.2) is 5.76 Å². The maximum atomic E-state index is 13.4. The number of esters is 1. The Bertz CT molecular complexity index is 719. The third-order valence-corrected chi connectivity index (χ3v) is 8.17. The van der Waals surface area contributed by atoms with Crippen molar-refractivity contribution in [3.05, 3.63) is 17.0 Å². The molecule has 2 saturated heterocycles. The molecule has 7 rings (SSSR count). The van der Waals surface area contributed by atoms with E-state index < -0.39 is 0 Å². The van der Waals surface area contributed by atoms with Crippen molar-refractivity contribution < 1.29 is 14.1 Å². The van der Waals surface area contributed by atoms with Crippen molar-refractivity contribution in [2.75, 3.05) is 0 Å². The number of fused-ring (bicyclic) bond motifs is 5. The molecule has 146 valence electrons. The Morgan fingerprint density at radius 3 is 2.30 bits per heavy atom. The molecule has 0 amide bonds. The summed E-state index contributed by atoms with van der Waals surface area (Å²) in [4.78, 5) is 13.4. The van der Waals surface area contributed by atoms with E-state index >= 15 is 0 Å². The van der Waals surface area contributed by atoms with Crippen molar-refractivity contribution in [1.82, 2.24) is 10.5 Å². The van der Waals surface area contributed by atoms with Crippen molar-refractivity contribution in [3.8, 4) is 0 Å².